The number of nitrogen functional groups attached to an aromatic ring is 1. The summed E-state index contributed by atoms with van der Waals surface area (Å²) in [6, 6.07) is 6.85. The molecule has 0 saturated heterocycles. The molecule has 2 rings (SSSR count). The highest BCUT2D eigenvalue weighted by Gasteiger charge is 2.07. The van der Waals surface area contributed by atoms with Gasteiger partial charge in [-0.25, -0.2) is 4.79 Å². The second-order valence-corrected chi connectivity index (χ2v) is 5.18. The van der Waals surface area contributed by atoms with E-state index < -0.39 is 5.97 Å². The average molecular weight is 276 g/mol. The van der Waals surface area contributed by atoms with E-state index in [2.05, 4.69) is 23.7 Å². The van der Waals surface area contributed by atoms with Gasteiger partial charge in [0, 0.05) is 11.4 Å². The predicted octanol–water partition coefficient (Wildman–Crippen LogP) is 3.20. The smallest absolute Gasteiger partial charge is 0.335 e. The number of anilines is 2. The van der Waals surface area contributed by atoms with Crippen molar-refractivity contribution in [1.82, 2.24) is 0 Å². The van der Waals surface area contributed by atoms with Crippen LogP contribution in [-0.2, 0) is 13.0 Å². The zero-order valence-electron chi connectivity index (χ0n) is 10.6. The van der Waals surface area contributed by atoms with Crippen molar-refractivity contribution in [2.45, 2.75) is 19.9 Å². The topological polar surface area (TPSA) is 75.3 Å². The Hall–Kier alpha value is -2.01. The summed E-state index contributed by atoms with van der Waals surface area (Å²) in [4.78, 5) is 12.1. The fourth-order valence-electron chi connectivity index (χ4n) is 1.87. The Labute approximate surface area is 115 Å². The number of hydrogen-bond acceptors (Lipinski definition) is 4. The summed E-state index contributed by atoms with van der Waals surface area (Å²) in [6.45, 7) is 2.83. The molecule has 4 nitrogen and oxygen atoms in total. The van der Waals surface area contributed by atoms with Gasteiger partial charge in [-0.3, -0.25) is 0 Å². The normalized spacial score (nSPS) is 10.4. The number of rotatable bonds is 5. The first-order valence-corrected chi connectivity index (χ1v) is 6.91. The van der Waals surface area contributed by atoms with Crippen LogP contribution in [0.2, 0.25) is 0 Å². The number of aryl methyl sites for hydroxylation is 1. The minimum atomic E-state index is -0.968. The van der Waals surface area contributed by atoms with E-state index in [-0.39, 0.29) is 5.56 Å². The Kier molecular flexibility index (Phi) is 4.06. The number of hydrogen-bond donors (Lipinski definition) is 3. The van der Waals surface area contributed by atoms with Gasteiger partial charge in [-0.15, -0.1) is 11.3 Å². The van der Waals surface area contributed by atoms with Crippen LogP contribution in [0.15, 0.2) is 29.6 Å². The molecule has 0 bridgehead atoms. The number of thiophene rings is 1. The van der Waals surface area contributed by atoms with Crippen molar-refractivity contribution in [3.05, 3.63) is 45.6 Å². The van der Waals surface area contributed by atoms with Crippen LogP contribution in [0, 0.1) is 0 Å². The van der Waals surface area contributed by atoms with Crippen LogP contribution in [0.3, 0.4) is 0 Å². The van der Waals surface area contributed by atoms with Crippen molar-refractivity contribution in [2.24, 2.45) is 0 Å². The monoisotopic (exact) mass is 276 g/mol. The van der Waals surface area contributed by atoms with Crippen molar-refractivity contribution in [3.63, 3.8) is 0 Å². The minimum Gasteiger partial charge on any atom is -0.478 e. The number of benzene rings is 1. The van der Waals surface area contributed by atoms with Gasteiger partial charge in [0.1, 0.15) is 0 Å². The molecular weight excluding hydrogens is 260 g/mol. The number of nitrogens with two attached hydrogens (primary N) is 1. The molecule has 0 spiro atoms. The van der Waals surface area contributed by atoms with Gasteiger partial charge in [-0.2, -0.15) is 0 Å². The zero-order chi connectivity index (χ0) is 13.8. The molecule has 0 aliphatic carbocycles. The molecule has 5 heteroatoms. The van der Waals surface area contributed by atoms with Gasteiger partial charge in [0.2, 0.25) is 0 Å². The lowest BCUT2D eigenvalue weighted by Crippen LogP contribution is -2.04. The Morgan fingerprint density at radius 3 is 2.84 bits per heavy atom. The summed E-state index contributed by atoms with van der Waals surface area (Å²) < 4.78 is 0. The van der Waals surface area contributed by atoms with E-state index in [0.717, 1.165) is 12.1 Å². The fraction of sp³-hybridized carbons (Fsp3) is 0.214. The van der Waals surface area contributed by atoms with Crippen molar-refractivity contribution in [1.29, 1.82) is 0 Å². The van der Waals surface area contributed by atoms with Crippen molar-refractivity contribution in [2.75, 3.05) is 11.1 Å². The third-order valence-corrected chi connectivity index (χ3v) is 3.92. The molecule has 0 saturated carbocycles. The molecule has 0 fully saturated rings. The molecule has 100 valence electrons. The van der Waals surface area contributed by atoms with Crippen molar-refractivity contribution >= 4 is 28.7 Å². The van der Waals surface area contributed by atoms with E-state index in [1.807, 2.05) is 0 Å². The number of aromatic carboxylic acids is 1. The Morgan fingerprint density at radius 1 is 1.42 bits per heavy atom. The van der Waals surface area contributed by atoms with E-state index in [1.54, 1.807) is 23.5 Å². The molecule has 0 amide bonds. The van der Waals surface area contributed by atoms with Crippen LogP contribution in [0.1, 0.15) is 27.7 Å². The van der Waals surface area contributed by atoms with E-state index in [4.69, 9.17) is 10.8 Å². The van der Waals surface area contributed by atoms with Gasteiger partial charge in [0.05, 0.1) is 16.9 Å². The van der Waals surface area contributed by atoms with Crippen LogP contribution in [0.25, 0.3) is 0 Å². The molecule has 1 aromatic heterocycles. The number of carbonyl (C=O) groups is 1. The highest BCUT2D eigenvalue weighted by atomic mass is 32.1. The highest BCUT2D eigenvalue weighted by molar-refractivity contribution is 7.10. The van der Waals surface area contributed by atoms with E-state index in [9.17, 15) is 4.79 Å². The maximum Gasteiger partial charge on any atom is 0.335 e. The van der Waals surface area contributed by atoms with Crippen LogP contribution in [-0.4, -0.2) is 11.1 Å². The standard InChI is InChI=1S/C14H16N2O2S/c1-2-9-5-6-19-13(9)8-16-12-4-3-10(14(17)18)7-11(12)15/h3-7,16H,2,8,15H2,1H3,(H,17,18). The molecule has 0 radical (unpaired) electrons. The molecule has 1 heterocycles. The lowest BCUT2D eigenvalue weighted by Gasteiger charge is -2.10. The summed E-state index contributed by atoms with van der Waals surface area (Å²) in [5, 5.41) is 14.2. The van der Waals surface area contributed by atoms with Gasteiger partial charge in [-0.05, 0) is 41.6 Å². The van der Waals surface area contributed by atoms with Crippen LogP contribution in [0.4, 0.5) is 11.4 Å². The third-order valence-electron chi connectivity index (χ3n) is 2.96. The average Bonchev–Trinajstić information content (AvgIpc) is 2.84. The second-order valence-electron chi connectivity index (χ2n) is 4.18. The molecule has 0 aliphatic heterocycles. The van der Waals surface area contributed by atoms with Crippen molar-refractivity contribution < 1.29 is 9.90 Å². The van der Waals surface area contributed by atoms with Gasteiger partial charge >= 0.3 is 5.97 Å². The summed E-state index contributed by atoms with van der Waals surface area (Å²) in [5.41, 5.74) is 8.60. The first-order chi connectivity index (χ1) is 9.11. The first kappa shape index (κ1) is 13.4. The summed E-state index contributed by atoms with van der Waals surface area (Å²) in [6.07, 6.45) is 1.01. The Bertz CT molecular complexity index is 593. The number of carboxylic acids is 1. The maximum absolute atomic E-state index is 10.8. The lowest BCUT2D eigenvalue weighted by molar-refractivity contribution is 0.0697. The molecule has 0 unspecified atom stereocenters. The van der Waals surface area contributed by atoms with Gasteiger partial charge in [0.15, 0.2) is 0 Å². The molecule has 4 N–H and O–H groups in total. The van der Waals surface area contributed by atoms with E-state index >= 15 is 0 Å². The summed E-state index contributed by atoms with van der Waals surface area (Å²) in [5.74, 6) is -0.968. The second kappa shape index (κ2) is 5.75. The minimum absolute atomic E-state index is 0.202. The Morgan fingerprint density at radius 2 is 2.21 bits per heavy atom. The maximum atomic E-state index is 10.8. The number of nitrogens with one attached hydrogen (secondary N) is 1. The van der Waals surface area contributed by atoms with Crippen LogP contribution in [0.5, 0.6) is 0 Å². The molecule has 19 heavy (non-hydrogen) atoms. The van der Waals surface area contributed by atoms with E-state index in [0.29, 0.717) is 12.2 Å². The fourth-order valence-corrected chi connectivity index (χ4v) is 2.79. The zero-order valence-corrected chi connectivity index (χ0v) is 11.5. The summed E-state index contributed by atoms with van der Waals surface area (Å²) >= 11 is 1.71. The molecule has 0 atom stereocenters. The van der Waals surface area contributed by atoms with Crippen molar-refractivity contribution in [3.8, 4) is 0 Å². The number of carboxylic acid groups (broad SMARTS) is 1. The van der Waals surface area contributed by atoms with Crippen LogP contribution >= 0.6 is 11.3 Å². The SMILES string of the molecule is CCc1ccsc1CNc1ccc(C(=O)O)cc1N. The van der Waals surface area contributed by atoms with Gasteiger partial charge in [0.25, 0.3) is 0 Å². The molecule has 1 aromatic carbocycles. The molecule has 0 aliphatic rings. The van der Waals surface area contributed by atoms with Crippen LogP contribution < -0.4 is 11.1 Å². The largest absolute Gasteiger partial charge is 0.478 e. The van der Waals surface area contributed by atoms with Gasteiger partial charge < -0.3 is 16.2 Å². The van der Waals surface area contributed by atoms with Gasteiger partial charge in [-0.1, -0.05) is 6.92 Å². The third kappa shape index (κ3) is 3.06. The highest BCUT2D eigenvalue weighted by Crippen LogP contribution is 2.23. The Balaban J connectivity index is 2.10. The predicted molar refractivity (Wildman–Crippen MR) is 78.8 cm³/mol. The summed E-state index contributed by atoms with van der Waals surface area (Å²) in [7, 11) is 0. The molecular formula is C14H16N2O2S. The quantitative estimate of drug-likeness (QED) is 0.733. The first-order valence-electron chi connectivity index (χ1n) is 6.03. The van der Waals surface area contributed by atoms with E-state index in [1.165, 1.54) is 16.5 Å². The lowest BCUT2D eigenvalue weighted by atomic mass is 10.1. The molecule has 2 aromatic rings.